The summed E-state index contributed by atoms with van der Waals surface area (Å²) in [6, 6.07) is -2.59. The van der Waals surface area contributed by atoms with Gasteiger partial charge in [-0.05, 0) is 31.3 Å². The summed E-state index contributed by atoms with van der Waals surface area (Å²) in [4.78, 5) is 46.5. The van der Waals surface area contributed by atoms with Crippen molar-refractivity contribution in [1.29, 1.82) is 0 Å². The van der Waals surface area contributed by atoms with Gasteiger partial charge < -0.3 is 26.8 Å². The molecule has 0 fully saturated rings. The number of carboxylic acid groups (broad SMARTS) is 1. The number of thioether (sulfide) groups is 1. The van der Waals surface area contributed by atoms with E-state index < -0.39 is 41.8 Å². The van der Waals surface area contributed by atoms with E-state index in [1.165, 1.54) is 6.92 Å². The topological polar surface area (TPSA) is 151 Å². The van der Waals surface area contributed by atoms with Gasteiger partial charge in [0.1, 0.15) is 12.1 Å². The van der Waals surface area contributed by atoms with Gasteiger partial charge in [0.2, 0.25) is 17.7 Å². The molecule has 0 aromatic carbocycles. The van der Waals surface area contributed by atoms with E-state index in [1.54, 1.807) is 25.6 Å². The number of carboxylic acids is 1. The Morgan fingerprint density at radius 2 is 1.68 bits per heavy atom. The Kier molecular flexibility index (Phi) is 10.8. The molecule has 0 aromatic rings. The van der Waals surface area contributed by atoms with Crippen molar-refractivity contribution in [2.45, 2.75) is 45.3 Å². The molecule has 0 saturated heterocycles. The Labute approximate surface area is 151 Å². The van der Waals surface area contributed by atoms with Crippen LogP contribution in [0.1, 0.15) is 27.2 Å². The van der Waals surface area contributed by atoms with Crippen molar-refractivity contribution in [3.05, 3.63) is 0 Å². The minimum absolute atomic E-state index is 0.293. The maximum atomic E-state index is 11.9. The van der Waals surface area contributed by atoms with E-state index in [0.29, 0.717) is 6.42 Å². The van der Waals surface area contributed by atoms with Crippen molar-refractivity contribution in [3.63, 3.8) is 0 Å². The standard InChI is InChI=1S/C15H28N4O5S/c1-8(2)12(15(23)24)19-11(20)7-17-13(21)9(3)18-14(22)10(16)5-6-25-4/h8-10,12H,5-7,16H2,1-4H3,(H,17,21)(H,18,22)(H,19,20)(H,23,24). The van der Waals surface area contributed by atoms with Crippen LogP contribution in [-0.4, -0.2) is 65.5 Å². The first-order chi connectivity index (χ1) is 11.6. The SMILES string of the molecule is CSCCC(N)C(=O)NC(C)C(=O)NCC(=O)NC(C(=O)O)C(C)C. The van der Waals surface area contributed by atoms with Crippen molar-refractivity contribution in [2.75, 3.05) is 18.6 Å². The molecule has 0 saturated carbocycles. The van der Waals surface area contributed by atoms with Gasteiger partial charge in [0.15, 0.2) is 0 Å². The van der Waals surface area contributed by atoms with Crippen LogP contribution < -0.4 is 21.7 Å². The molecule has 0 spiro atoms. The largest absolute Gasteiger partial charge is 0.480 e. The first kappa shape index (κ1) is 23.2. The normalized spacial score (nSPS) is 14.3. The molecule has 3 unspecified atom stereocenters. The lowest BCUT2D eigenvalue weighted by Crippen LogP contribution is -2.53. The molecule has 3 amide bonds. The molecule has 0 aliphatic rings. The van der Waals surface area contributed by atoms with Crippen molar-refractivity contribution < 1.29 is 24.3 Å². The number of carbonyl (C=O) groups excluding carboxylic acids is 3. The molecule has 25 heavy (non-hydrogen) atoms. The zero-order chi connectivity index (χ0) is 19.6. The van der Waals surface area contributed by atoms with E-state index in [-0.39, 0.29) is 12.5 Å². The van der Waals surface area contributed by atoms with Crippen LogP contribution in [0.5, 0.6) is 0 Å². The lowest BCUT2D eigenvalue weighted by Gasteiger charge is -2.19. The lowest BCUT2D eigenvalue weighted by molar-refractivity contribution is -0.143. The molecule has 0 bridgehead atoms. The van der Waals surface area contributed by atoms with Gasteiger partial charge in [0, 0.05) is 0 Å². The third-order valence-electron chi connectivity index (χ3n) is 3.39. The highest BCUT2D eigenvalue weighted by atomic mass is 32.2. The Hall–Kier alpha value is -1.81. The minimum atomic E-state index is -1.14. The fraction of sp³-hybridized carbons (Fsp3) is 0.733. The highest BCUT2D eigenvalue weighted by Crippen LogP contribution is 2.01. The van der Waals surface area contributed by atoms with Gasteiger partial charge in [-0.15, -0.1) is 0 Å². The van der Waals surface area contributed by atoms with Crippen molar-refractivity contribution in [2.24, 2.45) is 11.7 Å². The zero-order valence-electron chi connectivity index (χ0n) is 15.0. The second-order valence-corrected chi connectivity index (χ2v) is 6.95. The molecule has 0 aliphatic heterocycles. The first-order valence-electron chi connectivity index (χ1n) is 7.94. The summed E-state index contributed by atoms with van der Waals surface area (Å²) in [6.45, 7) is 4.42. The van der Waals surface area contributed by atoms with Crippen molar-refractivity contribution >= 4 is 35.5 Å². The summed E-state index contributed by atoms with van der Waals surface area (Å²) < 4.78 is 0. The smallest absolute Gasteiger partial charge is 0.326 e. The van der Waals surface area contributed by atoms with Crippen LogP contribution in [0, 0.1) is 5.92 Å². The summed E-state index contributed by atoms with van der Waals surface area (Å²) in [7, 11) is 0. The Bertz CT molecular complexity index is 487. The molecule has 0 aliphatic carbocycles. The molecular formula is C15H28N4O5S. The average molecular weight is 376 g/mol. The highest BCUT2D eigenvalue weighted by Gasteiger charge is 2.24. The van der Waals surface area contributed by atoms with Gasteiger partial charge in [0.05, 0.1) is 12.6 Å². The molecule has 3 atom stereocenters. The highest BCUT2D eigenvalue weighted by molar-refractivity contribution is 7.98. The van der Waals surface area contributed by atoms with Crippen LogP contribution in [0.3, 0.4) is 0 Å². The van der Waals surface area contributed by atoms with Crippen LogP contribution in [0.15, 0.2) is 0 Å². The number of hydrogen-bond acceptors (Lipinski definition) is 6. The number of hydrogen-bond donors (Lipinski definition) is 5. The number of nitrogens with one attached hydrogen (secondary N) is 3. The van der Waals surface area contributed by atoms with E-state index in [0.717, 1.165) is 5.75 Å². The summed E-state index contributed by atoms with van der Waals surface area (Å²) in [5.41, 5.74) is 5.71. The molecular weight excluding hydrogens is 348 g/mol. The fourth-order valence-electron chi connectivity index (χ4n) is 1.82. The van der Waals surface area contributed by atoms with E-state index in [4.69, 9.17) is 10.8 Å². The maximum Gasteiger partial charge on any atom is 0.326 e. The third kappa shape index (κ3) is 9.30. The predicted octanol–water partition coefficient (Wildman–Crippen LogP) is -1.09. The van der Waals surface area contributed by atoms with Gasteiger partial charge in [-0.3, -0.25) is 14.4 Å². The van der Waals surface area contributed by atoms with E-state index >= 15 is 0 Å². The Balaban J connectivity index is 4.33. The van der Waals surface area contributed by atoms with Crippen molar-refractivity contribution in [1.82, 2.24) is 16.0 Å². The minimum Gasteiger partial charge on any atom is -0.480 e. The first-order valence-corrected chi connectivity index (χ1v) is 9.34. The molecule has 10 heteroatoms. The van der Waals surface area contributed by atoms with Crippen LogP contribution in [0.25, 0.3) is 0 Å². The lowest BCUT2D eigenvalue weighted by atomic mass is 10.1. The molecule has 0 radical (unpaired) electrons. The summed E-state index contributed by atoms with van der Waals surface area (Å²) in [5.74, 6) is -2.32. The summed E-state index contributed by atoms with van der Waals surface area (Å²) in [5, 5.41) is 16.2. The average Bonchev–Trinajstić information content (AvgIpc) is 2.54. The number of carbonyl (C=O) groups is 4. The molecule has 6 N–H and O–H groups in total. The number of amides is 3. The molecule has 144 valence electrons. The fourth-order valence-corrected chi connectivity index (χ4v) is 2.31. The van der Waals surface area contributed by atoms with E-state index in [1.807, 2.05) is 6.26 Å². The second kappa shape index (κ2) is 11.7. The molecule has 9 nitrogen and oxygen atoms in total. The molecule has 0 aromatic heterocycles. The van der Waals surface area contributed by atoms with Gasteiger partial charge in [0.25, 0.3) is 0 Å². The Morgan fingerprint density at radius 1 is 1.08 bits per heavy atom. The third-order valence-corrected chi connectivity index (χ3v) is 4.04. The van der Waals surface area contributed by atoms with Crippen LogP contribution in [0.4, 0.5) is 0 Å². The van der Waals surface area contributed by atoms with Gasteiger partial charge in [-0.25, -0.2) is 4.79 Å². The quantitative estimate of drug-likeness (QED) is 0.307. The zero-order valence-corrected chi connectivity index (χ0v) is 15.8. The van der Waals surface area contributed by atoms with Crippen LogP contribution in [-0.2, 0) is 19.2 Å². The van der Waals surface area contributed by atoms with E-state index in [2.05, 4.69) is 16.0 Å². The molecule has 0 heterocycles. The maximum absolute atomic E-state index is 11.9. The van der Waals surface area contributed by atoms with Gasteiger partial charge in [-0.1, -0.05) is 13.8 Å². The molecule has 0 rings (SSSR count). The van der Waals surface area contributed by atoms with Gasteiger partial charge >= 0.3 is 5.97 Å². The summed E-state index contributed by atoms with van der Waals surface area (Å²) >= 11 is 1.57. The predicted molar refractivity (Wildman–Crippen MR) is 96.0 cm³/mol. The van der Waals surface area contributed by atoms with Crippen LogP contribution in [0.2, 0.25) is 0 Å². The number of rotatable bonds is 11. The van der Waals surface area contributed by atoms with Gasteiger partial charge in [-0.2, -0.15) is 11.8 Å². The second-order valence-electron chi connectivity index (χ2n) is 5.96. The summed E-state index contributed by atoms with van der Waals surface area (Å²) in [6.07, 6.45) is 2.40. The monoisotopic (exact) mass is 376 g/mol. The Morgan fingerprint density at radius 3 is 2.16 bits per heavy atom. The number of nitrogens with two attached hydrogens (primary N) is 1. The number of aliphatic carboxylic acids is 1. The van der Waals surface area contributed by atoms with E-state index in [9.17, 15) is 19.2 Å². The van der Waals surface area contributed by atoms with Crippen molar-refractivity contribution in [3.8, 4) is 0 Å². The van der Waals surface area contributed by atoms with Crippen LogP contribution >= 0.6 is 11.8 Å².